The van der Waals surface area contributed by atoms with Gasteiger partial charge in [0.1, 0.15) is 5.67 Å². The summed E-state index contributed by atoms with van der Waals surface area (Å²) in [5.74, 6) is 1.47. The molecule has 1 N–H and O–H groups in total. The van der Waals surface area contributed by atoms with E-state index in [2.05, 4.69) is 40.5 Å². The first-order valence-electron chi connectivity index (χ1n) is 10.4. The number of hydrogen-bond acceptors (Lipinski definition) is 2. The molecule has 1 aliphatic heterocycles. The van der Waals surface area contributed by atoms with E-state index in [0.29, 0.717) is 31.3 Å². The Morgan fingerprint density at radius 3 is 2.48 bits per heavy atom. The van der Waals surface area contributed by atoms with Crippen molar-refractivity contribution in [1.29, 1.82) is 0 Å². The maximum atomic E-state index is 15.2. The summed E-state index contributed by atoms with van der Waals surface area (Å²) in [4.78, 5) is 2.53. The van der Waals surface area contributed by atoms with Crippen LogP contribution in [0.4, 0.5) is 4.39 Å². The van der Waals surface area contributed by atoms with E-state index >= 15 is 4.39 Å². The number of hydrogen-bond donors (Lipinski definition) is 1. The first-order chi connectivity index (χ1) is 12.2. The number of nitrogens with one attached hydrogen (secondary N) is 1. The summed E-state index contributed by atoms with van der Waals surface area (Å²) in [7, 11) is 0. The standard InChI is InChI=1S/C22H33FN2/c23-22(17-24-21-15-20(21)19-9-5-2-6-10-19)11-13-25(14-12-22)16-18-7-3-1-4-8-18/h2,5-6,9-10,18,20-21,24H,1,3-4,7-8,11-17H2. The average molecular weight is 345 g/mol. The third kappa shape index (κ3) is 4.62. The van der Waals surface area contributed by atoms with Crippen molar-refractivity contribution in [1.82, 2.24) is 10.2 Å². The Morgan fingerprint density at radius 1 is 1.04 bits per heavy atom. The minimum Gasteiger partial charge on any atom is -0.310 e. The lowest BCUT2D eigenvalue weighted by atomic mass is 9.87. The van der Waals surface area contributed by atoms with Gasteiger partial charge in [0.15, 0.2) is 0 Å². The molecule has 2 nitrogen and oxygen atoms in total. The van der Waals surface area contributed by atoms with Gasteiger partial charge in [-0.2, -0.15) is 0 Å². The number of nitrogens with zero attached hydrogens (tertiary/aromatic N) is 1. The number of halogens is 1. The molecule has 2 aliphatic carbocycles. The van der Waals surface area contributed by atoms with Crippen LogP contribution >= 0.6 is 0 Å². The number of alkyl halides is 1. The summed E-state index contributed by atoms with van der Waals surface area (Å²) in [5, 5.41) is 3.52. The van der Waals surface area contributed by atoms with Crippen LogP contribution in [0.15, 0.2) is 30.3 Å². The van der Waals surface area contributed by atoms with Gasteiger partial charge in [0.05, 0.1) is 0 Å². The predicted octanol–water partition coefficient (Wildman–Crippen LogP) is 4.52. The molecule has 2 unspecified atom stereocenters. The van der Waals surface area contributed by atoms with Crippen LogP contribution in [0.5, 0.6) is 0 Å². The molecule has 0 amide bonds. The Balaban J connectivity index is 1.18. The van der Waals surface area contributed by atoms with E-state index in [1.807, 2.05) is 0 Å². The van der Waals surface area contributed by atoms with Crippen LogP contribution in [0.3, 0.4) is 0 Å². The lowest BCUT2D eigenvalue weighted by Crippen LogP contribution is -2.48. The molecule has 138 valence electrons. The van der Waals surface area contributed by atoms with E-state index in [0.717, 1.165) is 25.4 Å². The van der Waals surface area contributed by atoms with Crippen LogP contribution in [0.25, 0.3) is 0 Å². The van der Waals surface area contributed by atoms with Crippen molar-refractivity contribution >= 4 is 0 Å². The van der Waals surface area contributed by atoms with Gasteiger partial charge in [0.25, 0.3) is 0 Å². The zero-order valence-corrected chi connectivity index (χ0v) is 15.4. The molecule has 0 aromatic heterocycles. The Bertz CT molecular complexity index is 532. The van der Waals surface area contributed by atoms with Crippen LogP contribution < -0.4 is 5.32 Å². The quantitative estimate of drug-likeness (QED) is 0.816. The molecule has 1 heterocycles. The van der Waals surface area contributed by atoms with Gasteiger partial charge in [-0.1, -0.05) is 49.6 Å². The van der Waals surface area contributed by atoms with Gasteiger partial charge in [0.2, 0.25) is 0 Å². The molecule has 3 heteroatoms. The first kappa shape index (κ1) is 17.5. The number of rotatable bonds is 6. The van der Waals surface area contributed by atoms with Crippen LogP contribution in [-0.4, -0.2) is 42.8 Å². The number of benzene rings is 1. The zero-order chi connectivity index (χ0) is 17.1. The van der Waals surface area contributed by atoms with Gasteiger partial charge >= 0.3 is 0 Å². The van der Waals surface area contributed by atoms with Crippen LogP contribution in [0.1, 0.15) is 62.8 Å². The Kier molecular flexibility index (Phi) is 5.42. The van der Waals surface area contributed by atoms with Gasteiger partial charge < -0.3 is 10.2 Å². The molecule has 0 spiro atoms. The van der Waals surface area contributed by atoms with Gasteiger partial charge in [0, 0.05) is 38.1 Å². The summed E-state index contributed by atoms with van der Waals surface area (Å²) in [6.07, 6.45) is 9.57. The van der Waals surface area contributed by atoms with Gasteiger partial charge in [-0.15, -0.1) is 0 Å². The summed E-state index contributed by atoms with van der Waals surface area (Å²) >= 11 is 0. The highest BCUT2D eigenvalue weighted by Crippen LogP contribution is 2.41. The molecule has 25 heavy (non-hydrogen) atoms. The Morgan fingerprint density at radius 2 is 1.76 bits per heavy atom. The van der Waals surface area contributed by atoms with E-state index < -0.39 is 5.67 Å². The topological polar surface area (TPSA) is 15.3 Å². The second kappa shape index (κ2) is 7.75. The first-order valence-corrected chi connectivity index (χ1v) is 10.4. The lowest BCUT2D eigenvalue weighted by Gasteiger charge is -2.38. The minimum absolute atomic E-state index is 0.482. The molecule has 1 aromatic carbocycles. The highest BCUT2D eigenvalue weighted by molar-refractivity contribution is 5.27. The normalized spacial score (nSPS) is 30.3. The fourth-order valence-electron chi connectivity index (χ4n) is 4.85. The molecular weight excluding hydrogens is 311 g/mol. The Labute approximate surface area is 152 Å². The summed E-state index contributed by atoms with van der Waals surface area (Å²) in [6, 6.07) is 11.1. The smallest absolute Gasteiger partial charge is 0.125 e. The van der Waals surface area contributed by atoms with Crippen molar-refractivity contribution in [3.8, 4) is 0 Å². The molecule has 4 rings (SSSR count). The van der Waals surface area contributed by atoms with E-state index in [1.165, 1.54) is 44.2 Å². The third-order valence-corrected chi connectivity index (χ3v) is 6.69. The SMILES string of the molecule is FC1(CNC2CC2c2ccccc2)CCN(CC2CCCCC2)CC1. The van der Waals surface area contributed by atoms with E-state index in [-0.39, 0.29) is 0 Å². The van der Waals surface area contributed by atoms with Crippen molar-refractivity contribution in [2.24, 2.45) is 5.92 Å². The molecule has 3 fully saturated rings. The Hall–Kier alpha value is -0.930. The zero-order valence-electron chi connectivity index (χ0n) is 15.4. The number of likely N-dealkylation sites (tertiary alicyclic amines) is 1. The van der Waals surface area contributed by atoms with Crippen molar-refractivity contribution in [2.45, 2.75) is 69.0 Å². The molecule has 0 radical (unpaired) electrons. The van der Waals surface area contributed by atoms with Crippen molar-refractivity contribution in [3.05, 3.63) is 35.9 Å². The highest BCUT2D eigenvalue weighted by atomic mass is 19.1. The third-order valence-electron chi connectivity index (χ3n) is 6.69. The maximum Gasteiger partial charge on any atom is 0.125 e. The number of piperidine rings is 1. The minimum atomic E-state index is -0.993. The van der Waals surface area contributed by atoms with Gasteiger partial charge in [-0.25, -0.2) is 4.39 Å². The molecule has 3 aliphatic rings. The van der Waals surface area contributed by atoms with Crippen molar-refractivity contribution in [2.75, 3.05) is 26.2 Å². The second-order valence-electron chi connectivity index (χ2n) is 8.70. The summed E-state index contributed by atoms with van der Waals surface area (Å²) in [6.45, 7) is 3.64. The van der Waals surface area contributed by atoms with Crippen LogP contribution in [0, 0.1) is 5.92 Å². The molecule has 1 aromatic rings. The van der Waals surface area contributed by atoms with Crippen LogP contribution in [0.2, 0.25) is 0 Å². The fraction of sp³-hybridized carbons (Fsp3) is 0.727. The summed E-state index contributed by atoms with van der Waals surface area (Å²) < 4.78 is 15.2. The predicted molar refractivity (Wildman–Crippen MR) is 102 cm³/mol. The average Bonchev–Trinajstić information content (AvgIpc) is 3.44. The van der Waals surface area contributed by atoms with Crippen molar-refractivity contribution < 1.29 is 4.39 Å². The largest absolute Gasteiger partial charge is 0.310 e. The molecular formula is C22H33FN2. The maximum absolute atomic E-state index is 15.2. The fourth-order valence-corrected chi connectivity index (χ4v) is 4.85. The molecule has 2 saturated carbocycles. The van der Waals surface area contributed by atoms with Crippen LogP contribution in [-0.2, 0) is 0 Å². The van der Waals surface area contributed by atoms with E-state index in [1.54, 1.807) is 0 Å². The van der Waals surface area contributed by atoms with E-state index in [9.17, 15) is 0 Å². The molecule has 1 saturated heterocycles. The molecule has 2 atom stereocenters. The summed E-state index contributed by atoms with van der Waals surface area (Å²) in [5.41, 5.74) is 0.405. The molecule has 0 bridgehead atoms. The van der Waals surface area contributed by atoms with Gasteiger partial charge in [-0.05, 0) is 43.6 Å². The van der Waals surface area contributed by atoms with Gasteiger partial charge in [-0.3, -0.25) is 0 Å². The van der Waals surface area contributed by atoms with E-state index in [4.69, 9.17) is 0 Å². The monoisotopic (exact) mass is 344 g/mol. The van der Waals surface area contributed by atoms with Crippen molar-refractivity contribution in [3.63, 3.8) is 0 Å². The second-order valence-corrected chi connectivity index (χ2v) is 8.70. The lowest BCUT2D eigenvalue weighted by molar-refractivity contribution is 0.0478. The highest BCUT2D eigenvalue weighted by Gasteiger charge is 2.41.